The number of nitrogens with one attached hydrogen (secondary N) is 5. The Hall–Kier alpha value is -7.80. The van der Waals surface area contributed by atoms with Gasteiger partial charge in [-0.2, -0.15) is 0 Å². The molecule has 6 aliphatic rings. The summed E-state index contributed by atoms with van der Waals surface area (Å²) in [6.45, 7) is 2.12. The highest BCUT2D eigenvalue weighted by Gasteiger charge is 2.59. The zero-order valence-electron chi connectivity index (χ0n) is 36.9. The van der Waals surface area contributed by atoms with Crippen molar-refractivity contribution >= 4 is 59.3 Å². The monoisotopic (exact) mass is 946 g/mol. The maximum atomic E-state index is 13.4. The molecule has 10 rings (SSSR count). The zero-order chi connectivity index (χ0) is 47.5. The molecule has 19 nitrogen and oxygen atoms in total. The van der Waals surface area contributed by atoms with Gasteiger partial charge in [-0.3, -0.25) is 19.2 Å². The molecule has 2 spiro atoms. The standard InChI is InChI=1S/C24H24N4O5.C15H15N3O6.C9H11N.2CH4/c1-25-22(31)26-18-6-7-19-16(12-18)8-10-24(19)21(30)28(23(32)33-24)14-20(29)27-11-9-15-4-2-3-5-17(15)13-27;1-16-13(22)17-9-2-3-10-8(6-9)4-5-15(10)12(21)18(7-11(19)20)14(23)24-15;1-2-4-9-7-10-6-5-8(9)3-1;;/h2-7,12H,8-11,13-14H2,1H3,(H2,25,26,31);2-3,6H,4-5,7H2,1H3,(H,19,20)(H2,16,17,22);1-4,10H,5-7H2;2*1H4/t24-;15-;;;/m11.../s1. The summed E-state index contributed by atoms with van der Waals surface area (Å²) < 4.78 is 10.9. The first-order valence-corrected chi connectivity index (χ1v) is 21.9. The van der Waals surface area contributed by atoms with Crippen molar-refractivity contribution in [2.75, 3.05) is 50.9 Å². The van der Waals surface area contributed by atoms with Gasteiger partial charge in [-0.1, -0.05) is 75.5 Å². The minimum absolute atomic E-state index is 0. The molecule has 4 aromatic rings. The number of aliphatic carboxylic acids is 1. The van der Waals surface area contributed by atoms with Crippen LogP contribution in [0.5, 0.6) is 0 Å². The van der Waals surface area contributed by atoms with Gasteiger partial charge in [0.1, 0.15) is 13.1 Å². The molecule has 364 valence electrons. The summed E-state index contributed by atoms with van der Waals surface area (Å²) in [4.78, 5) is 100. The number of carboxylic acids is 1. The second-order valence-electron chi connectivity index (χ2n) is 16.7. The van der Waals surface area contributed by atoms with E-state index in [-0.39, 0.29) is 45.8 Å². The number of aryl methyl sites for hydroxylation is 2. The van der Waals surface area contributed by atoms with Crippen molar-refractivity contribution in [3.63, 3.8) is 0 Å². The largest absolute Gasteiger partial charge is 0.480 e. The summed E-state index contributed by atoms with van der Waals surface area (Å²) in [6.07, 6.45) is 1.71. The molecule has 0 aromatic heterocycles. The Bertz CT molecular complexity index is 2670. The van der Waals surface area contributed by atoms with E-state index in [1.54, 1.807) is 41.3 Å². The van der Waals surface area contributed by atoms with Crippen LogP contribution in [0.15, 0.2) is 84.9 Å². The third-order valence-electron chi connectivity index (χ3n) is 12.8. The lowest BCUT2D eigenvalue weighted by Gasteiger charge is -2.29. The van der Waals surface area contributed by atoms with Crippen LogP contribution >= 0.6 is 0 Å². The normalized spacial score (nSPS) is 19.9. The van der Waals surface area contributed by atoms with Gasteiger partial charge >= 0.3 is 30.2 Å². The molecule has 0 radical (unpaired) electrons. The van der Waals surface area contributed by atoms with Gasteiger partial charge in [-0.15, -0.1) is 0 Å². The van der Waals surface area contributed by atoms with Gasteiger partial charge in [0.15, 0.2) is 0 Å². The third-order valence-corrected chi connectivity index (χ3v) is 12.8. The number of carbonyl (C=O) groups excluding carboxylic acids is 7. The van der Waals surface area contributed by atoms with Crippen LogP contribution in [0.25, 0.3) is 0 Å². The quantitative estimate of drug-likeness (QED) is 0.143. The molecule has 0 unspecified atom stereocenters. The average Bonchev–Trinajstić information content (AvgIpc) is 4.03. The Kier molecular flexibility index (Phi) is 15.4. The van der Waals surface area contributed by atoms with Crippen LogP contribution in [0.2, 0.25) is 0 Å². The van der Waals surface area contributed by atoms with Crippen molar-refractivity contribution in [2.45, 2.75) is 77.7 Å². The number of amides is 9. The fourth-order valence-corrected chi connectivity index (χ4v) is 9.35. The maximum Gasteiger partial charge on any atom is 0.418 e. The van der Waals surface area contributed by atoms with Crippen molar-refractivity contribution in [1.29, 1.82) is 0 Å². The van der Waals surface area contributed by atoms with Gasteiger partial charge in [0.2, 0.25) is 17.1 Å². The zero-order valence-corrected chi connectivity index (χ0v) is 36.9. The van der Waals surface area contributed by atoms with Gasteiger partial charge < -0.3 is 46.1 Å². The molecule has 6 N–H and O–H groups in total. The number of fused-ring (bicyclic) bond motifs is 6. The number of anilines is 2. The molecule has 4 aliphatic heterocycles. The number of ether oxygens (including phenoxy) is 2. The number of hydrogen-bond donors (Lipinski definition) is 6. The molecular formula is C50H58N8O11. The first-order chi connectivity index (χ1) is 32.2. The van der Waals surface area contributed by atoms with E-state index in [4.69, 9.17) is 14.6 Å². The Morgan fingerprint density at radius 2 is 1.10 bits per heavy atom. The highest BCUT2D eigenvalue weighted by molar-refractivity contribution is 6.07. The Balaban J connectivity index is 0.000000189. The average molecular weight is 947 g/mol. The Labute approximate surface area is 399 Å². The summed E-state index contributed by atoms with van der Waals surface area (Å²) in [6, 6.07) is 25.9. The number of benzene rings is 4. The molecule has 9 amide bonds. The SMILES string of the molecule is C.C.CNC(=O)Nc1ccc2c(c1)CC[C@@]21OC(=O)N(CC(=O)N2CCc3ccccc3C2)C1=O.CNC(=O)Nc1ccc2c(c1)CC[C@@]21OC(=O)N(CC(=O)O)C1=O.c1ccc2c(c1)CCNC2. The van der Waals surface area contributed by atoms with Gasteiger partial charge in [-0.05, 0) is 89.9 Å². The number of imide groups is 2. The molecule has 4 aromatic carbocycles. The van der Waals surface area contributed by atoms with Gasteiger partial charge in [-0.25, -0.2) is 29.0 Å². The summed E-state index contributed by atoms with van der Waals surface area (Å²) in [5.41, 5.74) is 6.24. The number of hydrogen-bond acceptors (Lipinski definition) is 11. The van der Waals surface area contributed by atoms with Crippen molar-refractivity contribution in [1.82, 2.24) is 30.7 Å². The van der Waals surface area contributed by atoms with Gasteiger partial charge in [0, 0.05) is 69.1 Å². The van der Waals surface area contributed by atoms with Crippen molar-refractivity contribution in [3.05, 3.63) is 129 Å². The van der Waals surface area contributed by atoms with Crippen LogP contribution < -0.4 is 26.6 Å². The predicted octanol–water partition coefficient (Wildman–Crippen LogP) is 5.39. The fraction of sp³-hybridized carbons (Fsp3) is 0.360. The molecule has 19 heteroatoms. The van der Waals surface area contributed by atoms with E-state index in [2.05, 4.69) is 56.9 Å². The maximum absolute atomic E-state index is 13.4. The molecule has 4 heterocycles. The Morgan fingerprint density at radius 1 is 0.623 bits per heavy atom. The number of urea groups is 2. The van der Waals surface area contributed by atoms with Crippen LogP contribution in [0.3, 0.4) is 0 Å². The van der Waals surface area contributed by atoms with Crippen LogP contribution in [0.1, 0.15) is 72.2 Å². The topological polar surface area (TPSA) is 245 Å². The molecule has 2 saturated heterocycles. The van der Waals surface area contributed by atoms with Gasteiger partial charge in [0.05, 0.1) is 0 Å². The van der Waals surface area contributed by atoms with Crippen molar-refractivity contribution in [3.8, 4) is 0 Å². The lowest BCUT2D eigenvalue weighted by Crippen LogP contribution is -2.45. The first-order valence-electron chi connectivity index (χ1n) is 21.9. The van der Waals surface area contributed by atoms with Crippen LogP contribution in [0, 0.1) is 0 Å². The minimum Gasteiger partial charge on any atom is -0.480 e. The van der Waals surface area contributed by atoms with E-state index < -0.39 is 47.7 Å². The number of nitrogens with zero attached hydrogens (tertiary/aromatic N) is 3. The van der Waals surface area contributed by atoms with Crippen molar-refractivity contribution in [2.24, 2.45) is 0 Å². The smallest absolute Gasteiger partial charge is 0.418 e. The van der Waals surface area contributed by atoms with Crippen LogP contribution in [-0.4, -0.2) is 108 Å². The minimum atomic E-state index is -1.46. The molecule has 0 bridgehead atoms. The highest BCUT2D eigenvalue weighted by atomic mass is 16.6. The predicted molar refractivity (Wildman–Crippen MR) is 254 cm³/mol. The fourth-order valence-electron chi connectivity index (χ4n) is 9.35. The Morgan fingerprint density at radius 3 is 1.59 bits per heavy atom. The van der Waals surface area contributed by atoms with Gasteiger partial charge in [0.25, 0.3) is 11.8 Å². The van der Waals surface area contributed by atoms with E-state index in [1.165, 1.54) is 37.2 Å². The van der Waals surface area contributed by atoms with E-state index >= 15 is 0 Å². The van der Waals surface area contributed by atoms with E-state index in [0.717, 1.165) is 41.1 Å². The second kappa shape index (κ2) is 21.0. The van der Waals surface area contributed by atoms with Crippen LogP contribution in [-0.2, 0) is 78.6 Å². The van der Waals surface area contributed by atoms with Crippen LogP contribution in [0.4, 0.5) is 30.6 Å². The molecular weight excluding hydrogens is 889 g/mol. The number of rotatable bonds is 6. The molecule has 2 fully saturated rings. The lowest BCUT2D eigenvalue weighted by molar-refractivity contribution is -0.144. The highest BCUT2D eigenvalue weighted by Crippen LogP contribution is 2.47. The third kappa shape index (κ3) is 10.1. The van der Waals surface area contributed by atoms with E-state index in [9.17, 15) is 38.4 Å². The molecule has 2 aliphatic carbocycles. The number of carboxylic acid groups (broad SMARTS) is 1. The second-order valence-corrected chi connectivity index (χ2v) is 16.7. The first kappa shape index (κ1) is 50.6. The number of carbonyl (C=O) groups is 8. The summed E-state index contributed by atoms with van der Waals surface area (Å²) in [5.74, 6) is -2.75. The van der Waals surface area contributed by atoms with E-state index in [1.807, 2.05) is 18.2 Å². The van der Waals surface area contributed by atoms with Crippen molar-refractivity contribution < 1.29 is 52.9 Å². The summed E-state index contributed by atoms with van der Waals surface area (Å²) >= 11 is 0. The molecule has 2 atom stereocenters. The summed E-state index contributed by atoms with van der Waals surface area (Å²) in [5, 5.41) is 22.4. The summed E-state index contributed by atoms with van der Waals surface area (Å²) in [7, 11) is 3.01. The lowest BCUT2D eigenvalue weighted by atomic mass is 9.94. The molecule has 69 heavy (non-hydrogen) atoms. The molecule has 0 saturated carbocycles. The van der Waals surface area contributed by atoms with E-state index in [0.29, 0.717) is 59.8 Å².